The van der Waals surface area contributed by atoms with E-state index in [1.165, 1.54) is 0 Å². The van der Waals surface area contributed by atoms with Gasteiger partial charge in [-0.3, -0.25) is 0 Å². The Hall–Kier alpha value is -2.20. The molecular formula is C16H19NO3. The number of hydrogen-bond donors (Lipinski definition) is 1. The van der Waals surface area contributed by atoms with Crippen LogP contribution in [0.1, 0.15) is 5.56 Å². The Bertz CT molecular complexity index is 596. The van der Waals surface area contributed by atoms with Crippen LogP contribution < -0.4 is 19.9 Å². The van der Waals surface area contributed by atoms with Crippen molar-refractivity contribution in [1.29, 1.82) is 0 Å². The van der Waals surface area contributed by atoms with Crippen LogP contribution in [-0.4, -0.2) is 21.3 Å². The van der Waals surface area contributed by atoms with Crippen LogP contribution in [0.5, 0.6) is 17.2 Å². The summed E-state index contributed by atoms with van der Waals surface area (Å²) in [7, 11) is 4.89. The Kier molecular flexibility index (Phi) is 4.48. The van der Waals surface area contributed by atoms with Crippen LogP contribution in [0.2, 0.25) is 0 Å². The van der Waals surface area contributed by atoms with Gasteiger partial charge >= 0.3 is 0 Å². The highest BCUT2D eigenvalue weighted by Crippen LogP contribution is 2.36. The molecule has 0 bridgehead atoms. The van der Waals surface area contributed by atoms with E-state index in [0.717, 1.165) is 22.4 Å². The molecule has 2 rings (SSSR count). The molecule has 4 heteroatoms. The van der Waals surface area contributed by atoms with Gasteiger partial charge in [0, 0.05) is 6.54 Å². The first kappa shape index (κ1) is 14.2. The van der Waals surface area contributed by atoms with Gasteiger partial charge in [-0.1, -0.05) is 12.1 Å². The molecule has 2 aromatic rings. The molecule has 0 aliphatic rings. The maximum atomic E-state index is 5.85. The number of benzene rings is 2. The van der Waals surface area contributed by atoms with Gasteiger partial charge in [0.15, 0.2) is 11.5 Å². The van der Waals surface area contributed by atoms with E-state index in [2.05, 4.69) is 0 Å². The van der Waals surface area contributed by atoms with Crippen molar-refractivity contribution in [3.63, 3.8) is 0 Å². The molecule has 106 valence electrons. The average Bonchev–Trinajstić information content (AvgIpc) is 2.53. The minimum Gasteiger partial charge on any atom is -0.497 e. The Morgan fingerprint density at radius 3 is 2.20 bits per heavy atom. The molecule has 0 amide bonds. The zero-order valence-corrected chi connectivity index (χ0v) is 12.0. The summed E-state index contributed by atoms with van der Waals surface area (Å²) < 4.78 is 15.9. The van der Waals surface area contributed by atoms with Crippen molar-refractivity contribution in [3.8, 4) is 28.4 Å². The van der Waals surface area contributed by atoms with Crippen molar-refractivity contribution in [2.24, 2.45) is 5.73 Å². The summed E-state index contributed by atoms with van der Waals surface area (Å²) in [4.78, 5) is 0. The fraction of sp³-hybridized carbons (Fsp3) is 0.250. The Morgan fingerprint density at radius 1 is 0.900 bits per heavy atom. The van der Waals surface area contributed by atoms with Crippen molar-refractivity contribution in [3.05, 3.63) is 42.0 Å². The number of methoxy groups -OCH3 is 3. The molecule has 0 aliphatic heterocycles. The first-order valence-electron chi connectivity index (χ1n) is 6.32. The van der Waals surface area contributed by atoms with Crippen molar-refractivity contribution >= 4 is 0 Å². The van der Waals surface area contributed by atoms with E-state index in [1.807, 2.05) is 36.4 Å². The SMILES string of the molecule is COc1cccc(-c2cc(OC)c(OC)cc2CN)c1. The van der Waals surface area contributed by atoms with E-state index in [1.54, 1.807) is 21.3 Å². The van der Waals surface area contributed by atoms with Gasteiger partial charge in [0.1, 0.15) is 5.75 Å². The molecule has 20 heavy (non-hydrogen) atoms. The van der Waals surface area contributed by atoms with Crippen LogP contribution >= 0.6 is 0 Å². The van der Waals surface area contributed by atoms with Crippen molar-refractivity contribution in [1.82, 2.24) is 0 Å². The summed E-state index contributed by atoms with van der Waals surface area (Å²) >= 11 is 0. The summed E-state index contributed by atoms with van der Waals surface area (Å²) in [5.41, 5.74) is 8.89. The Labute approximate surface area is 119 Å². The highest BCUT2D eigenvalue weighted by atomic mass is 16.5. The molecule has 0 aliphatic carbocycles. The predicted octanol–water partition coefficient (Wildman–Crippen LogP) is 2.84. The van der Waals surface area contributed by atoms with Gasteiger partial charge in [-0.05, 0) is 41.0 Å². The lowest BCUT2D eigenvalue weighted by atomic mass is 9.98. The monoisotopic (exact) mass is 273 g/mol. The second kappa shape index (κ2) is 6.30. The summed E-state index contributed by atoms with van der Waals surface area (Å²) in [6.07, 6.45) is 0. The normalized spacial score (nSPS) is 10.2. The number of rotatable bonds is 5. The van der Waals surface area contributed by atoms with E-state index >= 15 is 0 Å². The van der Waals surface area contributed by atoms with E-state index in [4.69, 9.17) is 19.9 Å². The van der Waals surface area contributed by atoms with Crippen molar-refractivity contribution in [2.75, 3.05) is 21.3 Å². The molecule has 0 aromatic heterocycles. The van der Waals surface area contributed by atoms with Gasteiger partial charge in [-0.2, -0.15) is 0 Å². The number of ether oxygens (including phenoxy) is 3. The number of hydrogen-bond acceptors (Lipinski definition) is 4. The first-order valence-corrected chi connectivity index (χ1v) is 6.32. The fourth-order valence-electron chi connectivity index (χ4n) is 2.15. The minimum atomic E-state index is 0.424. The van der Waals surface area contributed by atoms with Gasteiger partial charge in [-0.15, -0.1) is 0 Å². The molecule has 2 N–H and O–H groups in total. The van der Waals surface area contributed by atoms with Crippen LogP contribution in [0.25, 0.3) is 11.1 Å². The lowest BCUT2D eigenvalue weighted by molar-refractivity contribution is 0.354. The molecule has 0 unspecified atom stereocenters. The third-order valence-electron chi connectivity index (χ3n) is 3.21. The lowest BCUT2D eigenvalue weighted by Crippen LogP contribution is -2.01. The van der Waals surface area contributed by atoms with Crippen molar-refractivity contribution in [2.45, 2.75) is 6.54 Å². The quantitative estimate of drug-likeness (QED) is 0.910. The molecule has 0 fully saturated rings. The van der Waals surface area contributed by atoms with Crippen molar-refractivity contribution < 1.29 is 14.2 Å². The Balaban J connectivity index is 2.59. The van der Waals surface area contributed by atoms with Gasteiger partial charge in [0.25, 0.3) is 0 Å². The van der Waals surface area contributed by atoms with E-state index in [9.17, 15) is 0 Å². The molecule has 0 heterocycles. The largest absolute Gasteiger partial charge is 0.497 e. The van der Waals surface area contributed by atoms with Gasteiger partial charge in [-0.25, -0.2) is 0 Å². The average molecular weight is 273 g/mol. The summed E-state index contributed by atoms with van der Waals surface area (Å²) in [5, 5.41) is 0. The van der Waals surface area contributed by atoms with Gasteiger partial charge in [0.05, 0.1) is 21.3 Å². The second-order valence-corrected chi connectivity index (χ2v) is 4.30. The second-order valence-electron chi connectivity index (χ2n) is 4.30. The lowest BCUT2D eigenvalue weighted by Gasteiger charge is -2.14. The van der Waals surface area contributed by atoms with E-state index in [-0.39, 0.29) is 0 Å². The highest BCUT2D eigenvalue weighted by molar-refractivity contribution is 5.72. The molecule has 2 aromatic carbocycles. The summed E-state index contributed by atoms with van der Waals surface area (Å²) in [5.74, 6) is 2.17. The molecule has 0 saturated carbocycles. The zero-order valence-electron chi connectivity index (χ0n) is 12.0. The van der Waals surface area contributed by atoms with E-state index < -0.39 is 0 Å². The van der Waals surface area contributed by atoms with Crippen LogP contribution in [0, 0.1) is 0 Å². The van der Waals surface area contributed by atoms with E-state index in [0.29, 0.717) is 18.0 Å². The third-order valence-corrected chi connectivity index (χ3v) is 3.21. The first-order chi connectivity index (χ1) is 9.73. The highest BCUT2D eigenvalue weighted by Gasteiger charge is 2.12. The van der Waals surface area contributed by atoms with Crippen LogP contribution in [-0.2, 0) is 6.54 Å². The number of nitrogens with two attached hydrogens (primary N) is 1. The molecule has 0 radical (unpaired) electrons. The standard InChI is InChI=1S/C16H19NO3/c1-18-13-6-4-5-11(7-13)14-9-16(20-3)15(19-2)8-12(14)10-17/h4-9H,10,17H2,1-3H3. The predicted molar refractivity (Wildman–Crippen MR) is 79.4 cm³/mol. The molecule has 0 spiro atoms. The fourth-order valence-corrected chi connectivity index (χ4v) is 2.15. The maximum absolute atomic E-state index is 5.85. The zero-order chi connectivity index (χ0) is 14.5. The van der Waals surface area contributed by atoms with Crippen LogP contribution in [0.3, 0.4) is 0 Å². The molecule has 0 atom stereocenters. The smallest absolute Gasteiger partial charge is 0.161 e. The van der Waals surface area contributed by atoms with Gasteiger partial charge in [0.2, 0.25) is 0 Å². The summed E-state index contributed by atoms with van der Waals surface area (Å²) in [6.45, 7) is 0.424. The van der Waals surface area contributed by atoms with Crippen LogP contribution in [0.4, 0.5) is 0 Å². The summed E-state index contributed by atoms with van der Waals surface area (Å²) in [6, 6.07) is 11.7. The molecule has 0 saturated heterocycles. The molecule has 4 nitrogen and oxygen atoms in total. The Morgan fingerprint density at radius 2 is 1.60 bits per heavy atom. The van der Waals surface area contributed by atoms with Gasteiger partial charge < -0.3 is 19.9 Å². The van der Waals surface area contributed by atoms with Crippen LogP contribution in [0.15, 0.2) is 36.4 Å². The maximum Gasteiger partial charge on any atom is 0.161 e. The third kappa shape index (κ3) is 2.70. The topological polar surface area (TPSA) is 53.7 Å². The minimum absolute atomic E-state index is 0.424. The molecular weight excluding hydrogens is 254 g/mol.